The highest BCUT2D eigenvalue weighted by Gasteiger charge is 2.17. The van der Waals surface area contributed by atoms with Crippen LogP contribution in [0.1, 0.15) is 12.6 Å². The smallest absolute Gasteiger partial charge is 0.161 e. The van der Waals surface area contributed by atoms with Crippen LogP contribution in [-0.4, -0.2) is 35.1 Å². The average molecular weight is 420 g/mol. The first-order chi connectivity index (χ1) is 15.7. The Bertz CT molecular complexity index is 1510. The molecule has 0 atom stereocenters. The van der Waals surface area contributed by atoms with Gasteiger partial charge in [-0.1, -0.05) is 18.7 Å². The Morgan fingerprint density at radius 2 is 1.97 bits per heavy atom. The quantitative estimate of drug-likeness (QED) is 0.363. The van der Waals surface area contributed by atoms with Crippen molar-refractivity contribution in [3.63, 3.8) is 0 Å². The van der Waals surface area contributed by atoms with E-state index in [1.165, 1.54) is 0 Å². The van der Waals surface area contributed by atoms with Crippen molar-refractivity contribution in [2.45, 2.75) is 6.92 Å². The molecule has 5 heterocycles. The number of H-pyrrole nitrogens is 2. The summed E-state index contributed by atoms with van der Waals surface area (Å²) in [6.45, 7) is 5.65. The second kappa shape index (κ2) is 7.92. The van der Waals surface area contributed by atoms with Gasteiger partial charge in [0, 0.05) is 23.7 Å². The molecule has 0 aliphatic heterocycles. The summed E-state index contributed by atoms with van der Waals surface area (Å²) in [5.41, 5.74) is 13.5. The van der Waals surface area contributed by atoms with Gasteiger partial charge in [-0.2, -0.15) is 5.10 Å². The molecule has 0 saturated heterocycles. The minimum Gasteiger partial charge on any atom is -0.399 e. The Morgan fingerprint density at radius 3 is 2.75 bits per heavy atom. The lowest BCUT2D eigenvalue weighted by atomic mass is 10.1. The minimum atomic E-state index is 0.569. The van der Waals surface area contributed by atoms with Gasteiger partial charge in [0.2, 0.25) is 0 Å². The van der Waals surface area contributed by atoms with Gasteiger partial charge in [-0.25, -0.2) is 9.97 Å². The van der Waals surface area contributed by atoms with Crippen molar-refractivity contribution in [1.29, 1.82) is 0 Å². The predicted molar refractivity (Wildman–Crippen MR) is 126 cm³/mol. The van der Waals surface area contributed by atoms with Crippen molar-refractivity contribution in [3.05, 3.63) is 85.1 Å². The Labute approximate surface area is 183 Å². The maximum atomic E-state index is 5.94. The number of fused-ring (bicyclic) bond motifs is 2. The number of rotatable bonds is 5. The van der Waals surface area contributed by atoms with E-state index in [4.69, 9.17) is 15.7 Å². The molecule has 4 N–H and O–H groups in total. The molecule has 8 heteroatoms. The molecule has 0 aliphatic rings. The molecular weight excluding hydrogens is 400 g/mol. The molecule has 0 radical (unpaired) electrons. The van der Waals surface area contributed by atoms with E-state index < -0.39 is 0 Å². The second-order valence-corrected chi connectivity index (χ2v) is 7.14. The number of allylic oxidation sites excluding steroid dienone is 4. The van der Waals surface area contributed by atoms with Crippen molar-refractivity contribution in [2.75, 3.05) is 0 Å². The third-order valence-electron chi connectivity index (χ3n) is 5.13. The lowest BCUT2D eigenvalue weighted by Gasteiger charge is -2.03. The number of aromatic amines is 2. The standard InChI is InChI=1S/C24H20N8/c1-3-14(11-15(25)4-2)17-8-9-19-22(28-17)23(32-31-19)24-29-20-13-26-12-16(21(20)30-24)18-7-5-6-10-27-18/h3-13H,2,25H2,1H3,(H,29,30)(H,31,32)/b14-3+,15-11+. The predicted octanol–water partition coefficient (Wildman–Crippen LogP) is 4.39. The lowest BCUT2D eigenvalue weighted by Crippen LogP contribution is -1.95. The van der Waals surface area contributed by atoms with Crippen molar-refractivity contribution in [2.24, 2.45) is 5.73 Å². The number of hydrogen-bond donors (Lipinski definition) is 3. The van der Waals surface area contributed by atoms with Crippen molar-refractivity contribution in [3.8, 4) is 22.8 Å². The van der Waals surface area contributed by atoms with Gasteiger partial charge in [-0.3, -0.25) is 15.1 Å². The van der Waals surface area contributed by atoms with Crippen LogP contribution in [0.2, 0.25) is 0 Å². The van der Waals surface area contributed by atoms with E-state index >= 15 is 0 Å². The molecule has 0 aromatic carbocycles. The number of pyridine rings is 3. The van der Waals surface area contributed by atoms with E-state index in [0.29, 0.717) is 22.7 Å². The van der Waals surface area contributed by atoms with E-state index in [1.807, 2.05) is 49.4 Å². The zero-order valence-corrected chi connectivity index (χ0v) is 17.4. The molecule has 0 unspecified atom stereocenters. The van der Waals surface area contributed by atoms with Gasteiger partial charge < -0.3 is 10.7 Å². The van der Waals surface area contributed by atoms with Gasteiger partial charge >= 0.3 is 0 Å². The molecule has 156 valence electrons. The van der Waals surface area contributed by atoms with Crippen LogP contribution in [0.25, 0.3) is 50.4 Å². The van der Waals surface area contributed by atoms with Gasteiger partial charge in [-0.15, -0.1) is 0 Å². The van der Waals surface area contributed by atoms with Crippen molar-refractivity contribution in [1.82, 2.24) is 35.1 Å². The fourth-order valence-electron chi connectivity index (χ4n) is 3.52. The molecule has 32 heavy (non-hydrogen) atoms. The van der Waals surface area contributed by atoms with Crippen LogP contribution >= 0.6 is 0 Å². The van der Waals surface area contributed by atoms with Crippen LogP contribution in [0, 0.1) is 0 Å². The first-order valence-electron chi connectivity index (χ1n) is 10.0. The zero-order chi connectivity index (χ0) is 22.1. The topological polar surface area (TPSA) is 122 Å². The summed E-state index contributed by atoms with van der Waals surface area (Å²) < 4.78 is 0. The summed E-state index contributed by atoms with van der Waals surface area (Å²) in [6.07, 6.45) is 10.7. The SMILES string of the molecule is C=C/C(N)=C\C(=C/C)c1ccc2[nH]nc(-c3nc4c(-c5ccccn5)cncc4[nH]3)c2n1. The molecule has 0 spiro atoms. The summed E-state index contributed by atoms with van der Waals surface area (Å²) in [6, 6.07) is 9.62. The molecular formula is C24H20N8. The minimum absolute atomic E-state index is 0.569. The van der Waals surface area contributed by atoms with Gasteiger partial charge in [0.25, 0.3) is 0 Å². The highest BCUT2D eigenvalue weighted by Crippen LogP contribution is 2.30. The Balaban J connectivity index is 1.65. The van der Waals surface area contributed by atoms with Crippen LogP contribution in [0.15, 0.2) is 79.4 Å². The summed E-state index contributed by atoms with van der Waals surface area (Å²) in [5, 5.41) is 7.51. The maximum Gasteiger partial charge on any atom is 0.161 e. The molecule has 5 rings (SSSR count). The first-order valence-corrected chi connectivity index (χ1v) is 10.0. The first kappa shape index (κ1) is 19.4. The van der Waals surface area contributed by atoms with Crippen LogP contribution in [0.4, 0.5) is 0 Å². The Morgan fingerprint density at radius 1 is 1.06 bits per heavy atom. The monoisotopic (exact) mass is 420 g/mol. The van der Waals surface area contributed by atoms with Gasteiger partial charge in [-0.05, 0) is 48.9 Å². The van der Waals surface area contributed by atoms with E-state index in [0.717, 1.165) is 39.1 Å². The normalized spacial score (nSPS) is 12.5. The fraction of sp³-hybridized carbons (Fsp3) is 0.0417. The van der Waals surface area contributed by atoms with Gasteiger partial charge in [0.1, 0.15) is 11.0 Å². The van der Waals surface area contributed by atoms with Crippen LogP contribution in [0.3, 0.4) is 0 Å². The van der Waals surface area contributed by atoms with E-state index in [9.17, 15) is 0 Å². The molecule has 0 bridgehead atoms. The number of aromatic nitrogens is 7. The van der Waals surface area contributed by atoms with Gasteiger partial charge in [0.05, 0.1) is 28.6 Å². The molecule has 0 fully saturated rings. The van der Waals surface area contributed by atoms with Crippen LogP contribution in [-0.2, 0) is 0 Å². The van der Waals surface area contributed by atoms with Crippen molar-refractivity contribution >= 4 is 27.6 Å². The van der Waals surface area contributed by atoms with E-state index in [2.05, 4.69) is 31.7 Å². The number of imidazole rings is 1. The lowest BCUT2D eigenvalue weighted by molar-refractivity contribution is 1.10. The Hall–Kier alpha value is -4.59. The highest BCUT2D eigenvalue weighted by molar-refractivity contribution is 5.95. The van der Waals surface area contributed by atoms with E-state index in [-0.39, 0.29) is 0 Å². The number of nitrogens with one attached hydrogen (secondary N) is 2. The van der Waals surface area contributed by atoms with Crippen LogP contribution < -0.4 is 5.73 Å². The highest BCUT2D eigenvalue weighted by atomic mass is 15.1. The summed E-state index contributed by atoms with van der Waals surface area (Å²) in [5.74, 6) is 0.601. The Kier molecular flexibility index (Phi) is 4.79. The number of nitrogens with zero attached hydrogens (tertiary/aromatic N) is 5. The number of hydrogen-bond acceptors (Lipinski definition) is 6. The van der Waals surface area contributed by atoms with Crippen molar-refractivity contribution < 1.29 is 0 Å². The average Bonchev–Trinajstić information content (AvgIpc) is 3.46. The summed E-state index contributed by atoms with van der Waals surface area (Å²) in [7, 11) is 0. The second-order valence-electron chi connectivity index (χ2n) is 7.14. The largest absolute Gasteiger partial charge is 0.399 e. The molecule has 5 aromatic heterocycles. The molecule has 5 aromatic rings. The summed E-state index contributed by atoms with van der Waals surface area (Å²) >= 11 is 0. The van der Waals surface area contributed by atoms with E-state index in [1.54, 1.807) is 24.7 Å². The summed E-state index contributed by atoms with van der Waals surface area (Å²) in [4.78, 5) is 21.8. The number of nitrogens with two attached hydrogens (primary N) is 1. The maximum absolute atomic E-state index is 5.94. The third kappa shape index (κ3) is 3.33. The fourth-order valence-corrected chi connectivity index (χ4v) is 3.52. The van der Waals surface area contributed by atoms with Gasteiger partial charge in [0.15, 0.2) is 11.5 Å². The molecule has 0 amide bonds. The molecule has 0 aliphatic carbocycles. The molecule has 8 nitrogen and oxygen atoms in total. The zero-order valence-electron chi connectivity index (χ0n) is 17.4. The molecule has 0 saturated carbocycles. The third-order valence-corrected chi connectivity index (χ3v) is 5.13. The van der Waals surface area contributed by atoms with Crippen LogP contribution in [0.5, 0.6) is 0 Å².